The third kappa shape index (κ3) is 0.844. The SMILES string of the molecule is N=C1c2ccsc2C(=N)c2ccsc21. The van der Waals surface area contributed by atoms with E-state index in [1.165, 1.54) is 0 Å². The summed E-state index contributed by atoms with van der Waals surface area (Å²) >= 11 is 3.09. The van der Waals surface area contributed by atoms with E-state index in [9.17, 15) is 0 Å². The first kappa shape index (κ1) is 8.08. The zero-order valence-corrected chi connectivity index (χ0v) is 8.76. The van der Waals surface area contributed by atoms with Crippen molar-refractivity contribution in [3.8, 4) is 0 Å². The highest BCUT2D eigenvalue weighted by atomic mass is 32.1. The highest BCUT2D eigenvalue weighted by Crippen LogP contribution is 2.33. The van der Waals surface area contributed by atoms with Crippen LogP contribution >= 0.6 is 22.7 Å². The van der Waals surface area contributed by atoms with Crippen LogP contribution in [0.3, 0.4) is 0 Å². The second kappa shape index (κ2) is 2.62. The van der Waals surface area contributed by atoms with Crippen molar-refractivity contribution in [2.24, 2.45) is 0 Å². The summed E-state index contributed by atoms with van der Waals surface area (Å²) < 4.78 is 0. The average molecular weight is 218 g/mol. The highest BCUT2D eigenvalue weighted by molar-refractivity contribution is 7.15. The zero-order valence-electron chi connectivity index (χ0n) is 7.13. The molecule has 3 rings (SSSR count). The van der Waals surface area contributed by atoms with Crippen molar-refractivity contribution in [2.45, 2.75) is 0 Å². The molecule has 1 aliphatic rings. The van der Waals surface area contributed by atoms with E-state index in [4.69, 9.17) is 10.8 Å². The molecule has 4 heteroatoms. The Hall–Kier alpha value is -1.26. The minimum absolute atomic E-state index is 0.572. The number of hydrogen-bond acceptors (Lipinski definition) is 4. The van der Waals surface area contributed by atoms with Crippen LogP contribution in [0.2, 0.25) is 0 Å². The quantitative estimate of drug-likeness (QED) is 0.583. The Balaban J connectivity index is 2.37. The Morgan fingerprint density at radius 1 is 0.786 bits per heavy atom. The first-order valence-electron chi connectivity index (χ1n) is 4.12. The van der Waals surface area contributed by atoms with E-state index in [0.717, 1.165) is 20.9 Å². The third-order valence-corrected chi connectivity index (χ3v) is 4.19. The third-order valence-electron chi connectivity index (χ3n) is 2.32. The van der Waals surface area contributed by atoms with Gasteiger partial charge in [0.15, 0.2) is 0 Å². The topological polar surface area (TPSA) is 47.7 Å². The summed E-state index contributed by atoms with van der Waals surface area (Å²) in [5.74, 6) is 0. The van der Waals surface area contributed by atoms with Crippen molar-refractivity contribution in [3.63, 3.8) is 0 Å². The average Bonchev–Trinajstić information content (AvgIpc) is 2.82. The van der Waals surface area contributed by atoms with Crippen LogP contribution in [-0.4, -0.2) is 11.4 Å². The van der Waals surface area contributed by atoms with Gasteiger partial charge in [0.1, 0.15) is 0 Å². The van der Waals surface area contributed by atoms with Crippen molar-refractivity contribution in [1.29, 1.82) is 10.8 Å². The molecule has 0 amide bonds. The van der Waals surface area contributed by atoms with Crippen LogP contribution < -0.4 is 0 Å². The molecule has 14 heavy (non-hydrogen) atoms. The van der Waals surface area contributed by atoms with Gasteiger partial charge in [0.2, 0.25) is 0 Å². The maximum absolute atomic E-state index is 8.00. The summed E-state index contributed by atoms with van der Waals surface area (Å²) in [4.78, 5) is 1.86. The summed E-state index contributed by atoms with van der Waals surface area (Å²) in [5.41, 5.74) is 2.97. The molecule has 0 saturated carbocycles. The second-order valence-electron chi connectivity index (χ2n) is 3.08. The molecule has 0 spiro atoms. The van der Waals surface area contributed by atoms with Crippen molar-refractivity contribution >= 4 is 34.1 Å². The van der Waals surface area contributed by atoms with Crippen LogP contribution in [0, 0.1) is 10.8 Å². The van der Waals surface area contributed by atoms with E-state index < -0.39 is 0 Å². The number of nitrogens with one attached hydrogen (secondary N) is 2. The van der Waals surface area contributed by atoms with Gasteiger partial charge < -0.3 is 0 Å². The highest BCUT2D eigenvalue weighted by Gasteiger charge is 2.26. The molecule has 2 N–H and O–H groups in total. The van der Waals surface area contributed by atoms with Crippen molar-refractivity contribution < 1.29 is 0 Å². The molecule has 2 aromatic rings. The van der Waals surface area contributed by atoms with Crippen LogP contribution in [-0.2, 0) is 0 Å². The predicted octanol–water partition coefficient (Wildman–Crippen LogP) is 2.96. The first-order chi connectivity index (χ1) is 6.79. The van der Waals surface area contributed by atoms with Crippen molar-refractivity contribution in [1.82, 2.24) is 0 Å². The number of fused-ring (bicyclic) bond motifs is 2. The van der Waals surface area contributed by atoms with Crippen LogP contribution in [0.15, 0.2) is 22.9 Å². The van der Waals surface area contributed by atoms with Gasteiger partial charge in [-0.1, -0.05) is 0 Å². The summed E-state index contributed by atoms with van der Waals surface area (Å²) in [6.45, 7) is 0. The molecule has 2 heterocycles. The van der Waals surface area contributed by atoms with Gasteiger partial charge in [0.25, 0.3) is 0 Å². The number of rotatable bonds is 0. The van der Waals surface area contributed by atoms with Crippen LogP contribution in [0.25, 0.3) is 0 Å². The molecule has 0 fully saturated rings. The summed E-state index contributed by atoms with van der Waals surface area (Å²) in [5, 5.41) is 19.9. The van der Waals surface area contributed by atoms with E-state index in [2.05, 4.69) is 0 Å². The molecule has 2 aromatic heterocycles. The van der Waals surface area contributed by atoms with Crippen molar-refractivity contribution in [3.05, 3.63) is 43.8 Å². The fraction of sp³-hybridized carbons (Fsp3) is 0. The molecule has 0 radical (unpaired) electrons. The lowest BCUT2D eigenvalue weighted by atomic mass is 9.95. The molecular formula is C10H6N2S2. The molecular weight excluding hydrogens is 212 g/mol. The van der Waals surface area contributed by atoms with E-state index in [0.29, 0.717) is 11.4 Å². The van der Waals surface area contributed by atoms with Gasteiger partial charge in [0, 0.05) is 11.1 Å². The second-order valence-corrected chi connectivity index (χ2v) is 4.91. The smallest absolute Gasteiger partial charge is 0.0806 e. The molecule has 0 aliphatic heterocycles. The maximum Gasteiger partial charge on any atom is 0.0806 e. The van der Waals surface area contributed by atoms with Crippen LogP contribution in [0.4, 0.5) is 0 Å². The molecule has 0 bridgehead atoms. The molecule has 0 unspecified atom stereocenters. The van der Waals surface area contributed by atoms with Gasteiger partial charge in [0.05, 0.1) is 21.2 Å². The lowest BCUT2D eigenvalue weighted by Crippen LogP contribution is -2.15. The minimum Gasteiger partial charge on any atom is -0.299 e. The fourth-order valence-electron chi connectivity index (χ4n) is 1.64. The standard InChI is InChI=1S/C10H6N2S2/c11-7-5-1-3-13-9(5)8(12)6-2-4-14-10(6)7/h1-4,11-12H. The molecule has 0 saturated heterocycles. The number of hydrogen-bond donors (Lipinski definition) is 2. The Bertz CT molecular complexity index is 457. The minimum atomic E-state index is 0.572. The first-order valence-corrected chi connectivity index (χ1v) is 5.88. The van der Waals surface area contributed by atoms with Gasteiger partial charge in [-0.05, 0) is 22.9 Å². The monoisotopic (exact) mass is 218 g/mol. The lowest BCUT2D eigenvalue weighted by molar-refractivity contribution is 1.44. The van der Waals surface area contributed by atoms with Gasteiger partial charge in [-0.3, -0.25) is 10.8 Å². The lowest BCUT2D eigenvalue weighted by Gasteiger charge is -2.13. The van der Waals surface area contributed by atoms with E-state index in [-0.39, 0.29) is 0 Å². The van der Waals surface area contributed by atoms with Gasteiger partial charge >= 0.3 is 0 Å². The molecule has 1 aliphatic carbocycles. The molecule has 2 nitrogen and oxygen atoms in total. The van der Waals surface area contributed by atoms with Gasteiger partial charge in [-0.2, -0.15) is 0 Å². The van der Waals surface area contributed by atoms with E-state index in [1.54, 1.807) is 22.7 Å². The predicted molar refractivity (Wildman–Crippen MR) is 60.5 cm³/mol. The van der Waals surface area contributed by atoms with Crippen molar-refractivity contribution in [2.75, 3.05) is 0 Å². The largest absolute Gasteiger partial charge is 0.299 e. The van der Waals surface area contributed by atoms with Gasteiger partial charge in [-0.15, -0.1) is 22.7 Å². The summed E-state index contributed by atoms with van der Waals surface area (Å²) in [6, 6.07) is 3.86. The Labute approximate surface area is 88.9 Å². The number of thiophene rings is 2. The van der Waals surface area contributed by atoms with Crippen LogP contribution in [0.5, 0.6) is 0 Å². The molecule has 0 aromatic carbocycles. The Kier molecular flexibility index (Phi) is 1.51. The van der Waals surface area contributed by atoms with Crippen LogP contribution in [0.1, 0.15) is 20.9 Å². The normalized spacial score (nSPS) is 14.0. The summed E-state index contributed by atoms with van der Waals surface area (Å²) in [6.07, 6.45) is 0. The van der Waals surface area contributed by atoms with E-state index >= 15 is 0 Å². The molecule has 0 atom stereocenters. The molecule has 68 valence electrons. The Morgan fingerprint density at radius 2 is 1.21 bits per heavy atom. The zero-order chi connectivity index (χ0) is 9.71. The Morgan fingerprint density at radius 3 is 1.64 bits per heavy atom. The summed E-state index contributed by atoms with van der Waals surface area (Å²) in [7, 11) is 0. The van der Waals surface area contributed by atoms with Gasteiger partial charge in [-0.25, -0.2) is 0 Å². The fourth-order valence-corrected chi connectivity index (χ4v) is 3.37. The maximum atomic E-state index is 8.00. The van der Waals surface area contributed by atoms with E-state index in [1.807, 2.05) is 22.9 Å².